The zero-order chi connectivity index (χ0) is 13.9. The van der Waals surface area contributed by atoms with Crippen LogP contribution in [0.15, 0.2) is 12.1 Å². The second-order valence-corrected chi connectivity index (χ2v) is 5.88. The van der Waals surface area contributed by atoms with Crippen molar-refractivity contribution < 1.29 is 9.18 Å². The molecule has 2 N–H and O–H groups in total. The molecule has 0 saturated heterocycles. The number of carbonyl (C=O) groups is 1. The number of rotatable bonds is 4. The molecule has 1 fully saturated rings. The standard InChI is InChI=1S/C16H21FN2O.ClH/c17-16-13-8-9-18-10-12(13)5-6-14(16)19-15(20)7-4-11-2-1-3-11;/h5-6,11,18H,1-4,7-10H2,(H,19,20);1H. The van der Waals surface area contributed by atoms with Crippen LogP contribution in [0.5, 0.6) is 0 Å². The van der Waals surface area contributed by atoms with E-state index >= 15 is 0 Å². The molecule has 0 atom stereocenters. The van der Waals surface area contributed by atoms with Gasteiger partial charge in [0.05, 0.1) is 5.69 Å². The summed E-state index contributed by atoms with van der Waals surface area (Å²) in [6.07, 6.45) is 5.90. The third-order valence-electron chi connectivity index (χ3n) is 4.49. The van der Waals surface area contributed by atoms with Crippen molar-refractivity contribution >= 4 is 24.0 Å². The van der Waals surface area contributed by atoms with E-state index in [0.717, 1.165) is 24.1 Å². The minimum absolute atomic E-state index is 0. The second-order valence-electron chi connectivity index (χ2n) is 5.88. The van der Waals surface area contributed by atoms with Crippen LogP contribution in [0.3, 0.4) is 0 Å². The first-order valence-corrected chi connectivity index (χ1v) is 7.55. The lowest BCUT2D eigenvalue weighted by Crippen LogP contribution is -2.25. The summed E-state index contributed by atoms with van der Waals surface area (Å²) in [5, 5.41) is 5.95. The van der Waals surface area contributed by atoms with Gasteiger partial charge in [-0.3, -0.25) is 4.79 Å². The molecule has 0 spiro atoms. The maximum Gasteiger partial charge on any atom is 0.224 e. The summed E-state index contributed by atoms with van der Waals surface area (Å²) in [6, 6.07) is 3.59. The Morgan fingerprint density at radius 1 is 1.38 bits per heavy atom. The number of nitrogens with one attached hydrogen (secondary N) is 2. The van der Waals surface area contributed by atoms with Gasteiger partial charge in [0.15, 0.2) is 0 Å². The highest BCUT2D eigenvalue weighted by atomic mass is 35.5. The summed E-state index contributed by atoms with van der Waals surface area (Å²) in [6.45, 7) is 1.51. The third kappa shape index (κ3) is 3.74. The minimum Gasteiger partial charge on any atom is -0.324 e. The Hall–Kier alpha value is -1.13. The fraction of sp³-hybridized carbons (Fsp3) is 0.562. The van der Waals surface area contributed by atoms with E-state index in [1.807, 2.05) is 6.07 Å². The van der Waals surface area contributed by atoms with Gasteiger partial charge in [-0.2, -0.15) is 0 Å². The molecule has 3 nitrogen and oxygen atoms in total. The van der Waals surface area contributed by atoms with E-state index in [1.165, 1.54) is 19.3 Å². The fourth-order valence-corrected chi connectivity index (χ4v) is 2.96. The molecule has 0 aromatic heterocycles. The molecule has 3 rings (SSSR count). The van der Waals surface area contributed by atoms with Crippen molar-refractivity contribution in [1.29, 1.82) is 0 Å². The number of hydrogen-bond donors (Lipinski definition) is 2. The summed E-state index contributed by atoms with van der Waals surface area (Å²) in [5.41, 5.74) is 2.09. The number of hydrogen-bond acceptors (Lipinski definition) is 2. The predicted molar refractivity (Wildman–Crippen MR) is 84.3 cm³/mol. The van der Waals surface area contributed by atoms with Crippen LogP contribution >= 0.6 is 12.4 Å². The van der Waals surface area contributed by atoms with E-state index in [2.05, 4.69) is 10.6 Å². The maximum absolute atomic E-state index is 14.3. The Bertz CT molecular complexity index is 517. The van der Waals surface area contributed by atoms with E-state index in [-0.39, 0.29) is 24.1 Å². The highest BCUT2D eigenvalue weighted by Gasteiger charge is 2.20. The van der Waals surface area contributed by atoms with Crippen LogP contribution in [0.4, 0.5) is 10.1 Å². The Morgan fingerprint density at radius 3 is 2.90 bits per heavy atom. The van der Waals surface area contributed by atoms with Crippen LogP contribution in [0.1, 0.15) is 43.2 Å². The molecule has 0 bridgehead atoms. The number of halogens is 2. The van der Waals surface area contributed by atoms with Crippen molar-refractivity contribution in [2.75, 3.05) is 11.9 Å². The van der Waals surface area contributed by atoms with Gasteiger partial charge >= 0.3 is 0 Å². The van der Waals surface area contributed by atoms with Gasteiger partial charge in [-0.05, 0) is 42.5 Å². The van der Waals surface area contributed by atoms with Crippen LogP contribution < -0.4 is 10.6 Å². The van der Waals surface area contributed by atoms with E-state index in [4.69, 9.17) is 0 Å². The van der Waals surface area contributed by atoms with Gasteiger partial charge in [0, 0.05) is 13.0 Å². The molecular formula is C16H22ClFN2O. The van der Waals surface area contributed by atoms with Crippen molar-refractivity contribution in [2.45, 2.75) is 45.1 Å². The molecule has 0 unspecified atom stereocenters. The van der Waals surface area contributed by atoms with Gasteiger partial charge in [-0.15, -0.1) is 12.4 Å². The molecule has 2 aliphatic rings. The van der Waals surface area contributed by atoms with Crippen molar-refractivity contribution in [2.24, 2.45) is 5.92 Å². The molecule has 1 saturated carbocycles. The summed E-state index contributed by atoms with van der Waals surface area (Å²) in [7, 11) is 0. The predicted octanol–water partition coefficient (Wildman–Crippen LogP) is 3.41. The van der Waals surface area contributed by atoms with Gasteiger partial charge in [-0.1, -0.05) is 25.3 Å². The Kier molecular flexibility index (Phi) is 5.59. The first-order valence-electron chi connectivity index (χ1n) is 7.55. The quantitative estimate of drug-likeness (QED) is 0.894. The Morgan fingerprint density at radius 2 is 2.19 bits per heavy atom. The monoisotopic (exact) mass is 312 g/mol. The molecule has 1 aromatic carbocycles. The van der Waals surface area contributed by atoms with Gasteiger partial charge in [-0.25, -0.2) is 4.39 Å². The van der Waals surface area contributed by atoms with E-state index in [1.54, 1.807) is 6.07 Å². The first-order chi connectivity index (χ1) is 9.74. The molecule has 116 valence electrons. The molecule has 1 aliphatic carbocycles. The SMILES string of the molecule is Cl.O=C(CCC1CCC1)Nc1ccc2c(c1F)CCNC2. The summed E-state index contributed by atoms with van der Waals surface area (Å²) >= 11 is 0. The third-order valence-corrected chi connectivity index (χ3v) is 4.49. The molecule has 1 heterocycles. The Labute approximate surface area is 131 Å². The van der Waals surface area contributed by atoms with Gasteiger partial charge in [0.1, 0.15) is 5.82 Å². The Balaban J connectivity index is 0.00000161. The van der Waals surface area contributed by atoms with E-state index in [9.17, 15) is 9.18 Å². The number of benzene rings is 1. The molecule has 5 heteroatoms. The van der Waals surface area contributed by atoms with Crippen LogP contribution in [0, 0.1) is 11.7 Å². The molecule has 0 radical (unpaired) electrons. The minimum atomic E-state index is -0.249. The molecular weight excluding hydrogens is 291 g/mol. The molecule has 1 aliphatic heterocycles. The average Bonchev–Trinajstić information content (AvgIpc) is 2.40. The lowest BCUT2D eigenvalue weighted by Gasteiger charge is -2.24. The summed E-state index contributed by atoms with van der Waals surface area (Å²) in [4.78, 5) is 11.9. The number of carbonyl (C=O) groups excluding carboxylic acids is 1. The number of fused-ring (bicyclic) bond motifs is 1. The van der Waals surface area contributed by atoms with Gasteiger partial charge in [0.2, 0.25) is 5.91 Å². The lowest BCUT2D eigenvalue weighted by molar-refractivity contribution is -0.116. The largest absolute Gasteiger partial charge is 0.324 e. The highest BCUT2D eigenvalue weighted by molar-refractivity contribution is 5.91. The van der Waals surface area contributed by atoms with Crippen molar-refractivity contribution in [1.82, 2.24) is 5.32 Å². The molecule has 1 aromatic rings. The van der Waals surface area contributed by atoms with Crippen molar-refractivity contribution in [3.8, 4) is 0 Å². The normalized spacial score (nSPS) is 17.4. The molecule has 1 amide bonds. The smallest absolute Gasteiger partial charge is 0.224 e. The summed E-state index contributed by atoms with van der Waals surface area (Å²) < 4.78 is 14.3. The van der Waals surface area contributed by atoms with E-state index in [0.29, 0.717) is 31.0 Å². The fourth-order valence-electron chi connectivity index (χ4n) is 2.96. The van der Waals surface area contributed by atoms with Crippen LogP contribution in [0.25, 0.3) is 0 Å². The lowest BCUT2D eigenvalue weighted by atomic mass is 9.82. The number of anilines is 1. The zero-order valence-corrected chi connectivity index (χ0v) is 12.9. The highest BCUT2D eigenvalue weighted by Crippen LogP contribution is 2.30. The second kappa shape index (κ2) is 7.23. The molecule has 21 heavy (non-hydrogen) atoms. The summed E-state index contributed by atoms with van der Waals surface area (Å²) in [5.74, 6) is 0.394. The van der Waals surface area contributed by atoms with Crippen LogP contribution in [0.2, 0.25) is 0 Å². The first kappa shape index (κ1) is 16.2. The van der Waals surface area contributed by atoms with Crippen molar-refractivity contribution in [3.63, 3.8) is 0 Å². The average molecular weight is 313 g/mol. The van der Waals surface area contributed by atoms with Crippen molar-refractivity contribution in [3.05, 3.63) is 29.1 Å². The van der Waals surface area contributed by atoms with E-state index < -0.39 is 0 Å². The topological polar surface area (TPSA) is 41.1 Å². The van der Waals surface area contributed by atoms with Crippen LogP contribution in [-0.2, 0) is 17.8 Å². The van der Waals surface area contributed by atoms with Gasteiger partial charge in [0.25, 0.3) is 0 Å². The number of amides is 1. The maximum atomic E-state index is 14.3. The zero-order valence-electron chi connectivity index (χ0n) is 12.1. The van der Waals surface area contributed by atoms with Gasteiger partial charge < -0.3 is 10.6 Å². The van der Waals surface area contributed by atoms with Crippen LogP contribution in [-0.4, -0.2) is 12.5 Å².